The predicted molar refractivity (Wildman–Crippen MR) is 134 cm³/mol. The smallest absolute Gasteiger partial charge is 0.219 e. The Morgan fingerprint density at radius 1 is 0.943 bits per heavy atom. The van der Waals surface area contributed by atoms with Crippen molar-refractivity contribution in [2.75, 3.05) is 31.9 Å². The summed E-state index contributed by atoms with van der Waals surface area (Å²) in [6.45, 7) is 6.27. The number of nitrogens with zero attached hydrogens (tertiary/aromatic N) is 6. The van der Waals surface area contributed by atoms with Gasteiger partial charge in [0.2, 0.25) is 5.91 Å². The number of benzene rings is 1. The van der Waals surface area contributed by atoms with Crippen molar-refractivity contribution in [3.63, 3.8) is 0 Å². The van der Waals surface area contributed by atoms with Crippen LogP contribution in [0.1, 0.15) is 29.9 Å². The third-order valence-corrected chi connectivity index (χ3v) is 6.44. The first kappa shape index (κ1) is 22.7. The highest BCUT2D eigenvalue weighted by Gasteiger charge is 2.24. The molecule has 9 nitrogen and oxygen atoms in total. The molecule has 0 bridgehead atoms. The standard InChI is InChI=1S/C26H27N7O2/c1-17(34)24-23(16-31-10-12-32(13-11-31)18(2)35)30-26-21(15-29-33(26)25(24)27)20-8-9-22(28-14-20)19-6-4-3-5-7-19/h3-9,14-15H,10-13,16,27H2,1-2H3. The molecule has 0 radical (unpaired) electrons. The van der Waals surface area contributed by atoms with Crippen LogP contribution in [0.2, 0.25) is 0 Å². The van der Waals surface area contributed by atoms with E-state index in [0.29, 0.717) is 49.6 Å². The Morgan fingerprint density at radius 3 is 2.31 bits per heavy atom. The molecule has 0 spiro atoms. The molecule has 0 unspecified atom stereocenters. The van der Waals surface area contributed by atoms with Crippen LogP contribution >= 0.6 is 0 Å². The number of hydrogen-bond donors (Lipinski definition) is 1. The van der Waals surface area contributed by atoms with Crippen LogP contribution in [0.4, 0.5) is 5.82 Å². The fourth-order valence-corrected chi connectivity index (χ4v) is 4.53. The van der Waals surface area contributed by atoms with Crippen LogP contribution < -0.4 is 5.73 Å². The molecule has 1 aromatic carbocycles. The van der Waals surface area contributed by atoms with Gasteiger partial charge in [-0.25, -0.2) is 4.98 Å². The van der Waals surface area contributed by atoms with E-state index in [2.05, 4.69) is 15.0 Å². The quantitative estimate of drug-likeness (QED) is 0.448. The molecule has 2 N–H and O–H groups in total. The maximum absolute atomic E-state index is 12.5. The van der Waals surface area contributed by atoms with E-state index in [1.165, 1.54) is 11.4 Å². The molecule has 0 saturated carbocycles. The molecule has 178 valence electrons. The van der Waals surface area contributed by atoms with Gasteiger partial charge in [-0.3, -0.25) is 19.5 Å². The fourth-order valence-electron chi connectivity index (χ4n) is 4.53. The van der Waals surface area contributed by atoms with E-state index in [-0.39, 0.29) is 17.5 Å². The number of carbonyl (C=O) groups is 2. The van der Waals surface area contributed by atoms with Crippen molar-refractivity contribution in [1.29, 1.82) is 0 Å². The first-order valence-electron chi connectivity index (χ1n) is 11.6. The molecule has 1 aliphatic rings. The second kappa shape index (κ2) is 9.27. The monoisotopic (exact) mass is 469 g/mol. The van der Waals surface area contributed by atoms with Gasteiger partial charge in [-0.05, 0) is 13.0 Å². The van der Waals surface area contributed by atoms with Crippen LogP contribution in [0.5, 0.6) is 0 Å². The lowest BCUT2D eigenvalue weighted by Crippen LogP contribution is -2.47. The number of ketones is 1. The summed E-state index contributed by atoms with van der Waals surface area (Å²) < 4.78 is 1.52. The summed E-state index contributed by atoms with van der Waals surface area (Å²) in [5.41, 5.74) is 11.6. The van der Waals surface area contributed by atoms with Crippen molar-refractivity contribution in [3.05, 3.63) is 66.1 Å². The Morgan fingerprint density at radius 2 is 1.69 bits per heavy atom. The number of nitrogen functional groups attached to an aromatic ring is 1. The fraction of sp³-hybridized carbons (Fsp3) is 0.269. The van der Waals surface area contributed by atoms with E-state index < -0.39 is 0 Å². The van der Waals surface area contributed by atoms with Crippen molar-refractivity contribution in [2.24, 2.45) is 0 Å². The van der Waals surface area contributed by atoms with Crippen LogP contribution in [0.15, 0.2) is 54.9 Å². The summed E-state index contributed by atoms with van der Waals surface area (Å²) in [5.74, 6) is 0.203. The summed E-state index contributed by atoms with van der Waals surface area (Å²) in [4.78, 5) is 37.7. The van der Waals surface area contributed by atoms with Crippen molar-refractivity contribution in [1.82, 2.24) is 29.4 Å². The largest absolute Gasteiger partial charge is 0.383 e. The van der Waals surface area contributed by atoms with Gasteiger partial charge in [-0.2, -0.15) is 9.61 Å². The Kier molecular flexibility index (Phi) is 6.00. The van der Waals surface area contributed by atoms with Crippen LogP contribution in [-0.2, 0) is 11.3 Å². The highest BCUT2D eigenvalue weighted by molar-refractivity contribution is 6.00. The number of hydrogen-bond acceptors (Lipinski definition) is 7. The molecule has 1 saturated heterocycles. The lowest BCUT2D eigenvalue weighted by molar-refractivity contribution is -0.130. The number of fused-ring (bicyclic) bond motifs is 1. The number of nitrogens with two attached hydrogens (primary N) is 1. The molecule has 4 aromatic rings. The summed E-state index contributed by atoms with van der Waals surface area (Å²) in [6.07, 6.45) is 3.51. The molecule has 9 heteroatoms. The van der Waals surface area contributed by atoms with Gasteiger partial charge in [0.15, 0.2) is 11.4 Å². The number of amides is 1. The second-order valence-corrected chi connectivity index (χ2v) is 8.75. The molecular weight excluding hydrogens is 442 g/mol. The SMILES string of the molecule is CC(=O)c1c(CN2CCN(C(C)=O)CC2)nc2c(-c3ccc(-c4ccccc4)nc3)cnn2c1N. The number of aromatic nitrogens is 4. The van der Waals surface area contributed by atoms with Gasteiger partial charge in [0.05, 0.1) is 23.1 Å². The minimum absolute atomic E-state index is 0.0775. The Labute approximate surface area is 203 Å². The maximum Gasteiger partial charge on any atom is 0.219 e. The average Bonchev–Trinajstić information content (AvgIpc) is 3.29. The van der Waals surface area contributed by atoms with E-state index in [9.17, 15) is 9.59 Å². The molecule has 35 heavy (non-hydrogen) atoms. The van der Waals surface area contributed by atoms with Gasteiger partial charge in [-0.15, -0.1) is 0 Å². The predicted octanol–water partition coefficient (Wildman–Crippen LogP) is 2.91. The Bertz CT molecular complexity index is 1390. The highest BCUT2D eigenvalue weighted by atomic mass is 16.2. The summed E-state index contributed by atoms with van der Waals surface area (Å²) in [6, 6.07) is 13.9. The van der Waals surface area contributed by atoms with Crippen LogP contribution in [0.3, 0.4) is 0 Å². The van der Waals surface area contributed by atoms with Gasteiger partial charge in [-0.1, -0.05) is 36.4 Å². The summed E-state index contributed by atoms with van der Waals surface area (Å²) in [5, 5.41) is 4.43. The number of pyridine rings is 1. The summed E-state index contributed by atoms with van der Waals surface area (Å²) >= 11 is 0. The maximum atomic E-state index is 12.5. The van der Waals surface area contributed by atoms with E-state index in [0.717, 1.165) is 22.4 Å². The first-order chi connectivity index (χ1) is 16.9. The van der Waals surface area contributed by atoms with Crippen LogP contribution in [0, 0.1) is 0 Å². The Balaban J connectivity index is 1.50. The van der Waals surface area contributed by atoms with Crippen molar-refractivity contribution < 1.29 is 9.59 Å². The van der Waals surface area contributed by atoms with Crippen molar-refractivity contribution >= 4 is 23.2 Å². The summed E-state index contributed by atoms with van der Waals surface area (Å²) in [7, 11) is 0. The molecule has 5 rings (SSSR count). The minimum atomic E-state index is -0.153. The number of anilines is 1. The molecule has 0 aliphatic carbocycles. The molecular formula is C26H27N7O2. The third kappa shape index (κ3) is 4.38. The van der Waals surface area contributed by atoms with Gasteiger partial charge >= 0.3 is 0 Å². The minimum Gasteiger partial charge on any atom is -0.383 e. The molecule has 1 aliphatic heterocycles. The number of carbonyl (C=O) groups excluding carboxylic acids is 2. The highest BCUT2D eigenvalue weighted by Crippen LogP contribution is 2.29. The first-order valence-corrected chi connectivity index (χ1v) is 11.6. The van der Waals surface area contributed by atoms with Crippen molar-refractivity contribution in [3.8, 4) is 22.4 Å². The lowest BCUT2D eigenvalue weighted by Gasteiger charge is -2.34. The van der Waals surface area contributed by atoms with Crippen molar-refractivity contribution in [2.45, 2.75) is 20.4 Å². The second-order valence-electron chi connectivity index (χ2n) is 8.75. The zero-order valence-corrected chi connectivity index (χ0v) is 19.8. The lowest BCUT2D eigenvalue weighted by atomic mass is 10.1. The zero-order chi connectivity index (χ0) is 24.5. The molecule has 0 atom stereocenters. The Hall–Kier alpha value is -4.11. The van der Waals surface area contributed by atoms with Gasteiger partial charge in [0.25, 0.3) is 0 Å². The van der Waals surface area contributed by atoms with Gasteiger partial charge < -0.3 is 10.6 Å². The normalized spacial score (nSPS) is 14.4. The number of rotatable bonds is 5. The van der Waals surface area contributed by atoms with E-state index in [4.69, 9.17) is 10.7 Å². The van der Waals surface area contributed by atoms with Crippen LogP contribution in [-0.4, -0.2) is 67.3 Å². The van der Waals surface area contributed by atoms with E-state index in [1.807, 2.05) is 47.4 Å². The van der Waals surface area contributed by atoms with Gasteiger partial charge in [0.1, 0.15) is 5.82 Å². The zero-order valence-electron chi connectivity index (χ0n) is 19.8. The third-order valence-electron chi connectivity index (χ3n) is 6.44. The van der Waals surface area contributed by atoms with E-state index >= 15 is 0 Å². The molecule has 1 amide bonds. The molecule has 4 heterocycles. The topological polar surface area (TPSA) is 110 Å². The van der Waals surface area contributed by atoms with Crippen LogP contribution in [0.25, 0.3) is 28.0 Å². The molecule has 3 aromatic heterocycles. The number of Topliss-reactive ketones (excluding diaryl/α,β-unsaturated/α-hetero) is 1. The van der Waals surface area contributed by atoms with E-state index in [1.54, 1.807) is 19.3 Å². The molecule has 1 fully saturated rings. The van der Waals surface area contributed by atoms with Gasteiger partial charge in [0, 0.05) is 62.5 Å². The number of piperazine rings is 1. The average molecular weight is 470 g/mol.